The number of rotatable bonds is 11. The molecule has 0 aliphatic carbocycles. The van der Waals surface area contributed by atoms with Crippen molar-refractivity contribution in [3.8, 4) is 0 Å². The highest BCUT2D eigenvalue weighted by Gasteiger charge is 2.07. The van der Waals surface area contributed by atoms with Crippen LogP contribution < -0.4 is 0 Å². The van der Waals surface area contributed by atoms with Gasteiger partial charge in [-0.3, -0.25) is 0 Å². The van der Waals surface area contributed by atoms with Crippen LogP contribution >= 0.6 is 0 Å². The molecule has 1 atom stereocenters. The number of unbranched alkanes of at least 4 members (excludes halogenated alkanes) is 1. The van der Waals surface area contributed by atoms with E-state index in [0.29, 0.717) is 12.2 Å². The molecule has 0 aromatic heterocycles. The lowest BCUT2D eigenvalue weighted by molar-refractivity contribution is 0.0349. The number of hydrogen-bond donors (Lipinski definition) is 0. The summed E-state index contributed by atoms with van der Waals surface area (Å²) in [5.41, 5.74) is 0. The molecule has 2 heteroatoms. The summed E-state index contributed by atoms with van der Waals surface area (Å²) in [6.07, 6.45) is 7.95. The molecule has 0 aromatic rings. The van der Waals surface area contributed by atoms with Crippen molar-refractivity contribution in [2.75, 3.05) is 13.2 Å². The molecule has 0 aromatic carbocycles. The van der Waals surface area contributed by atoms with E-state index in [9.17, 15) is 0 Å². The molecule has 0 heterocycles. The second-order valence-electron chi connectivity index (χ2n) is 4.70. The molecule has 98 valence electrons. The summed E-state index contributed by atoms with van der Waals surface area (Å²) in [6, 6.07) is 0. The molecule has 0 amide bonds. The van der Waals surface area contributed by atoms with E-state index in [-0.39, 0.29) is 0 Å². The summed E-state index contributed by atoms with van der Waals surface area (Å²) >= 11 is 0. The molecule has 0 aliphatic rings. The predicted octanol–water partition coefficient (Wildman–Crippen LogP) is 4.18. The molecule has 0 aliphatic heterocycles. The van der Waals surface area contributed by atoms with Crippen LogP contribution in [0.3, 0.4) is 0 Å². The third-order valence-electron chi connectivity index (χ3n) is 2.54. The Hall–Kier alpha value is -0.0800. The lowest BCUT2D eigenvalue weighted by Crippen LogP contribution is -2.14. The van der Waals surface area contributed by atoms with Crippen LogP contribution in [0.2, 0.25) is 0 Å². The number of ether oxygens (including phenoxy) is 2. The van der Waals surface area contributed by atoms with E-state index in [4.69, 9.17) is 9.47 Å². The van der Waals surface area contributed by atoms with Gasteiger partial charge in [-0.2, -0.15) is 0 Å². The van der Waals surface area contributed by atoms with Gasteiger partial charge in [-0.15, -0.1) is 0 Å². The fourth-order valence-corrected chi connectivity index (χ4v) is 1.71. The van der Waals surface area contributed by atoms with E-state index in [0.717, 1.165) is 26.1 Å². The van der Waals surface area contributed by atoms with Gasteiger partial charge in [-0.05, 0) is 46.0 Å². The fraction of sp³-hybridized carbons (Fsp3) is 1.00. The highest BCUT2D eigenvalue weighted by atomic mass is 16.5. The molecule has 0 bridgehead atoms. The fourth-order valence-electron chi connectivity index (χ4n) is 1.71. The van der Waals surface area contributed by atoms with Gasteiger partial charge in [0.2, 0.25) is 0 Å². The van der Waals surface area contributed by atoms with Crippen LogP contribution in [0.1, 0.15) is 66.2 Å². The topological polar surface area (TPSA) is 18.5 Å². The van der Waals surface area contributed by atoms with Crippen LogP contribution in [-0.2, 0) is 9.47 Å². The van der Waals surface area contributed by atoms with E-state index in [1.807, 2.05) is 0 Å². The standard InChI is InChI=1S/C14H30O2/c1-5-9-14(16-11-6-2)10-7-8-12-15-13(3)4/h13-14H,5-12H2,1-4H3. The zero-order valence-corrected chi connectivity index (χ0v) is 11.6. The minimum absolute atomic E-state index is 0.364. The first kappa shape index (κ1) is 15.9. The number of hydrogen-bond acceptors (Lipinski definition) is 2. The smallest absolute Gasteiger partial charge is 0.0575 e. The van der Waals surface area contributed by atoms with Crippen molar-refractivity contribution in [2.24, 2.45) is 0 Å². The summed E-state index contributed by atoms with van der Waals surface area (Å²) in [6.45, 7) is 10.4. The van der Waals surface area contributed by atoms with Crippen LogP contribution in [-0.4, -0.2) is 25.4 Å². The van der Waals surface area contributed by atoms with Crippen molar-refractivity contribution in [3.63, 3.8) is 0 Å². The molecule has 16 heavy (non-hydrogen) atoms. The molecule has 2 nitrogen and oxygen atoms in total. The van der Waals surface area contributed by atoms with Gasteiger partial charge in [-0.25, -0.2) is 0 Å². The van der Waals surface area contributed by atoms with Crippen LogP contribution in [0.15, 0.2) is 0 Å². The minimum Gasteiger partial charge on any atom is -0.379 e. The largest absolute Gasteiger partial charge is 0.379 e. The van der Waals surface area contributed by atoms with E-state index in [1.54, 1.807) is 0 Å². The van der Waals surface area contributed by atoms with Crippen LogP contribution in [0, 0.1) is 0 Å². The highest BCUT2D eigenvalue weighted by molar-refractivity contribution is 4.58. The van der Waals surface area contributed by atoms with Crippen molar-refractivity contribution in [1.29, 1.82) is 0 Å². The molecule has 0 fully saturated rings. The Morgan fingerprint density at radius 3 is 2.12 bits per heavy atom. The van der Waals surface area contributed by atoms with Gasteiger partial charge in [-0.1, -0.05) is 20.3 Å². The Balaban J connectivity index is 3.43. The first-order valence-corrected chi connectivity index (χ1v) is 6.93. The van der Waals surface area contributed by atoms with Crippen molar-refractivity contribution in [1.82, 2.24) is 0 Å². The maximum absolute atomic E-state index is 5.82. The van der Waals surface area contributed by atoms with Gasteiger partial charge in [0, 0.05) is 13.2 Å². The second-order valence-corrected chi connectivity index (χ2v) is 4.70. The van der Waals surface area contributed by atoms with Gasteiger partial charge in [0.25, 0.3) is 0 Å². The van der Waals surface area contributed by atoms with Gasteiger partial charge >= 0.3 is 0 Å². The van der Waals surface area contributed by atoms with E-state index < -0.39 is 0 Å². The first-order valence-electron chi connectivity index (χ1n) is 6.93. The van der Waals surface area contributed by atoms with Crippen LogP contribution in [0.5, 0.6) is 0 Å². The summed E-state index contributed by atoms with van der Waals surface area (Å²) in [5.74, 6) is 0. The molecular weight excluding hydrogens is 200 g/mol. The normalized spacial score (nSPS) is 13.3. The van der Waals surface area contributed by atoms with E-state index >= 15 is 0 Å². The second kappa shape index (κ2) is 11.4. The van der Waals surface area contributed by atoms with Crippen molar-refractivity contribution < 1.29 is 9.47 Å². The predicted molar refractivity (Wildman–Crippen MR) is 69.9 cm³/mol. The molecule has 0 radical (unpaired) electrons. The maximum atomic E-state index is 5.82. The molecule has 0 spiro atoms. The Labute approximate surface area is 102 Å². The molecule has 0 saturated carbocycles. The van der Waals surface area contributed by atoms with Gasteiger partial charge in [0.1, 0.15) is 0 Å². The molecule has 0 N–H and O–H groups in total. The minimum atomic E-state index is 0.364. The average molecular weight is 230 g/mol. The van der Waals surface area contributed by atoms with E-state index in [2.05, 4.69) is 27.7 Å². The SMILES string of the molecule is CCCOC(CCC)CCCCOC(C)C. The Bertz CT molecular complexity index is 135. The summed E-state index contributed by atoms with van der Waals surface area (Å²) in [7, 11) is 0. The Morgan fingerprint density at radius 1 is 0.812 bits per heavy atom. The van der Waals surface area contributed by atoms with E-state index in [1.165, 1.54) is 25.7 Å². The van der Waals surface area contributed by atoms with Crippen molar-refractivity contribution in [2.45, 2.75) is 78.4 Å². The summed E-state index contributed by atoms with van der Waals surface area (Å²) in [4.78, 5) is 0. The highest BCUT2D eigenvalue weighted by Crippen LogP contribution is 2.11. The molecule has 1 unspecified atom stereocenters. The summed E-state index contributed by atoms with van der Waals surface area (Å²) < 4.78 is 11.3. The molecule has 0 saturated heterocycles. The lowest BCUT2D eigenvalue weighted by atomic mass is 10.1. The lowest BCUT2D eigenvalue weighted by Gasteiger charge is -2.17. The third kappa shape index (κ3) is 10.4. The third-order valence-corrected chi connectivity index (χ3v) is 2.54. The zero-order valence-electron chi connectivity index (χ0n) is 11.6. The van der Waals surface area contributed by atoms with Crippen LogP contribution in [0.4, 0.5) is 0 Å². The van der Waals surface area contributed by atoms with Gasteiger partial charge < -0.3 is 9.47 Å². The van der Waals surface area contributed by atoms with Gasteiger partial charge in [0.05, 0.1) is 12.2 Å². The average Bonchev–Trinajstić information content (AvgIpc) is 2.24. The quantitative estimate of drug-likeness (QED) is 0.496. The first-order chi connectivity index (χ1) is 7.70. The molecular formula is C14H30O2. The van der Waals surface area contributed by atoms with Crippen LogP contribution in [0.25, 0.3) is 0 Å². The molecule has 0 rings (SSSR count). The van der Waals surface area contributed by atoms with Crippen molar-refractivity contribution >= 4 is 0 Å². The maximum Gasteiger partial charge on any atom is 0.0575 e. The Morgan fingerprint density at radius 2 is 1.56 bits per heavy atom. The van der Waals surface area contributed by atoms with Crippen molar-refractivity contribution in [3.05, 3.63) is 0 Å². The van der Waals surface area contributed by atoms with Gasteiger partial charge in [0.15, 0.2) is 0 Å². The Kier molecular flexibility index (Phi) is 11.3. The zero-order chi connectivity index (χ0) is 12.2. The summed E-state index contributed by atoms with van der Waals surface area (Å²) in [5, 5.41) is 0. The monoisotopic (exact) mass is 230 g/mol.